The minimum atomic E-state index is -4.64. The molecule has 296 valence electrons. The summed E-state index contributed by atoms with van der Waals surface area (Å²) in [5.74, 6) is -3.96. The number of nitrogens with zero attached hydrogens (tertiary/aromatic N) is 1. The fraction of sp³-hybridized carbons (Fsp3) is 0.538. The predicted octanol–water partition coefficient (Wildman–Crippen LogP) is 3.48. The molecule has 3 aliphatic heterocycles. The minimum Gasteiger partial charge on any atom is -0.460 e. The van der Waals surface area contributed by atoms with E-state index in [0.717, 1.165) is 17.2 Å². The summed E-state index contributed by atoms with van der Waals surface area (Å²) in [4.78, 5) is 59.5. The van der Waals surface area contributed by atoms with Crippen molar-refractivity contribution in [1.29, 1.82) is 0 Å². The molecule has 13 nitrogen and oxygen atoms in total. The van der Waals surface area contributed by atoms with Gasteiger partial charge in [0.25, 0.3) is 0 Å². The number of ether oxygens (including phenoxy) is 5. The van der Waals surface area contributed by atoms with Crippen molar-refractivity contribution in [2.75, 3.05) is 13.2 Å². The summed E-state index contributed by atoms with van der Waals surface area (Å²) in [7, 11) is 0. The highest BCUT2D eigenvalue weighted by molar-refractivity contribution is 5.94. The zero-order chi connectivity index (χ0) is 39.3. The van der Waals surface area contributed by atoms with Crippen LogP contribution in [0, 0.1) is 5.41 Å². The van der Waals surface area contributed by atoms with E-state index in [9.17, 15) is 37.5 Å². The maximum absolute atomic E-state index is 14.7. The lowest BCUT2D eigenvalue weighted by atomic mass is 9.62. The van der Waals surface area contributed by atoms with Crippen LogP contribution in [0.25, 0.3) is 6.08 Å². The lowest BCUT2D eigenvalue weighted by molar-refractivity contribution is -0.217. The molecule has 2 aromatic rings. The van der Waals surface area contributed by atoms with Crippen molar-refractivity contribution in [3.63, 3.8) is 0 Å². The molecule has 5 aliphatic rings. The van der Waals surface area contributed by atoms with Gasteiger partial charge in [-0.15, -0.1) is 0 Å². The van der Waals surface area contributed by atoms with Gasteiger partial charge >= 0.3 is 24.1 Å². The Morgan fingerprint density at radius 2 is 1.71 bits per heavy atom. The maximum atomic E-state index is 14.7. The highest BCUT2D eigenvalue weighted by atomic mass is 19.4. The molecule has 1 amide bonds. The van der Waals surface area contributed by atoms with Crippen LogP contribution in [0.3, 0.4) is 0 Å². The zero-order valence-corrected chi connectivity index (χ0v) is 30.5. The van der Waals surface area contributed by atoms with Gasteiger partial charge in [-0.1, -0.05) is 48.5 Å². The summed E-state index contributed by atoms with van der Waals surface area (Å²) in [5, 5.41) is 14.6. The lowest BCUT2D eigenvalue weighted by Crippen LogP contribution is -2.70. The van der Waals surface area contributed by atoms with Gasteiger partial charge in [0, 0.05) is 31.8 Å². The first-order chi connectivity index (χ1) is 26.0. The Morgan fingerprint density at radius 1 is 1.04 bits per heavy atom. The lowest BCUT2D eigenvalue weighted by Gasteiger charge is -2.49. The number of hydroxylamine groups is 2. The maximum Gasteiger partial charge on any atom is 0.422 e. The van der Waals surface area contributed by atoms with Crippen LogP contribution < -0.4 is 5.32 Å². The normalized spacial score (nSPS) is 28.4. The fourth-order valence-corrected chi connectivity index (χ4v) is 8.25. The second-order valence-corrected chi connectivity index (χ2v) is 15.7. The number of carbonyl (C=O) groups is 4. The van der Waals surface area contributed by atoms with E-state index in [4.69, 9.17) is 23.8 Å². The largest absolute Gasteiger partial charge is 0.460 e. The van der Waals surface area contributed by atoms with Crippen LogP contribution in [0.15, 0.2) is 54.6 Å². The topological polar surface area (TPSA) is 159 Å². The second kappa shape index (κ2) is 14.6. The average Bonchev–Trinajstić information content (AvgIpc) is 3.79. The van der Waals surface area contributed by atoms with Crippen LogP contribution in [-0.4, -0.2) is 101 Å². The van der Waals surface area contributed by atoms with Crippen molar-refractivity contribution in [1.82, 2.24) is 10.4 Å². The Balaban J connectivity index is 1.13. The molecule has 7 atom stereocenters. The third-order valence-corrected chi connectivity index (χ3v) is 10.5. The number of hydrogen-bond acceptors (Lipinski definition) is 12. The third-order valence-electron chi connectivity index (χ3n) is 10.5. The second-order valence-electron chi connectivity index (χ2n) is 15.7. The molecule has 0 unspecified atom stereocenters. The third kappa shape index (κ3) is 8.01. The Hall–Kier alpha value is -4.35. The number of alkyl halides is 3. The van der Waals surface area contributed by atoms with E-state index >= 15 is 0 Å². The number of esters is 3. The van der Waals surface area contributed by atoms with E-state index in [1.807, 2.05) is 24.3 Å². The molecule has 16 heteroatoms. The van der Waals surface area contributed by atoms with Crippen LogP contribution in [0.4, 0.5) is 13.2 Å². The van der Waals surface area contributed by atoms with Gasteiger partial charge in [0.05, 0.1) is 19.2 Å². The number of amides is 1. The molecule has 7 rings (SSSR count). The van der Waals surface area contributed by atoms with Crippen LogP contribution in [0.1, 0.15) is 62.3 Å². The highest BCUT2D eigenvalue weighted by Crippen LogP contribution is 2.58. The molecule has 1 spiro atoms. The molecular weight excluding hydrogens is 729 g/mol. The van der Waals surface area contributed by atoms with Crippen molar-refractivity contribution in [3.05, 3.63) is 76.9 Å². The molecule has 2 N–H and O–H groups in total. The van der Waals surface area contributed by atoms with Crippen LogP contribution >= 0.6 is 0 Å². The van der Waals surface area contributed by atoms with Gasteiger partial charge in [0.2, 0.25) is 5.91 Å². The summed E-state index contributed by atoms with van der Waals surface area (Å²) in [6.45, 7) is 3.05. The van der Waals surface area contributed by atoms with Crippen molar-refractivity contribution in [2.24, 2.45) is 5.41 Å². The van der Waals surface area contributed by atoms with E-state index in [2.05, 4.69) is 10.1 Å². The van der Waals surface area contributed by atoms with Gasteiger partial charge in [-0.2, -0.15) is 18.2 Å². The summed E-state index contributed by atoms with van der Waals surface area (Å²) < 4.78 is 66.2. The standard InChI is InChI=1S/C39H43F3N2O11/c1-36(2,3)52-29(47)15-13-26(20-45)43-35(49)38-18-27-30-31(54-37(53-30)16-24-6-4-5-7-25(24)17-37)33(38)55-44(32(38)34(48)51-27)19-23-10-8-22(9-11-23)12-14-28(46)50-21-39(40,41)42/h4-12,14,26-27,30-33,45H,13,15-21H2,1-3H3,(H,43,49)/t26-,27+,30-,31-,32-,33+,38-/m0/s1. The van der Waals surface area contributed by atoms with E-state index in [1.54, 1.807) is 45.0 Å². The van der Waals surface area contributed by atoms with E-state index in [1.165, 1.54) is 11.1 Å². The van der Waals surface area contributed by atoms with E-state index in [0.29, 0.717) is 24.0 Å². The molecule has 3 saturated heterocycles. The number of hydrogen-bond donors (Lipinski definition) is 2. The first kappa shape index (κ1) is 38.9. The van der Waals surface area contributed by atoms with Crippen molar-refractivity contribution in [3.8, 4) is 0 Å². The first-order valence-electron chi connectivity index (χ1n) is 18.2. The van der Waals surface area contributed by atoms with Gasteiger partial charge in [-0.3, -0.25) is 19.2 Å². The quantitative estimate of drug-likeness (QED) is 0.195. The number of nitrogens with one attached hydrogen (secondary N) is 1. The van der Waals surface area contributed by atoms with Gasteiger partial charge in [0.15, 0.2) is 18.4 Å². The summed E-state index contributed by atoms with van der Waals surface area (Å²) >= 11 is 0. The molecule has 0 radical (unpaired) electrons. The molecule has 4 fully saturated rings. The molecule has 2 aromatic carbocycles. The molecule has 3 heterocycles. The van der Waals surface area contributed by atoms with Gasteiger partial charge in [0.1, 0.15) is 35.4 Å². The fourth-order valence-electron chi connectivity index (χ4n) is 8.25. The summed E-state index contributed by atoms with van der Waals surface area (Å²) in [6, 6.07) is 12.4. The highest BCUT2D eigenvalue weighted by Gasteiger charge is 2.76. The Morgan fingerprint density at radius 3 is 2.35 bits per heavy atom. The number of carbonyl (C=O) groups excluding carboxylic acids is 4. The van der Waals surface area contributed by atoms with Crippen LogP contribution in [-0.2, 0) is 67.1 Å². The average molecular weight is 773 g/mol. The monoisotopic (exact) mass is 772 g/mol. The molecular formula is C39H43F3N2O11. The molecule has 1 saturated carbocycles. The molecule has 2 bridgehead atoms. The van der Waals surface area contributed by atoms with Crippen LogP contribution in [0.2, 0.25) is 0 Å². The molecule has 0 aromatic heterocycles. The number of rotatable bonds is 11. The number of fused-ring (bicyclic) bond motifs is 5. The number of halogens is 3. The first-order valence-corrected chi connectivity index (χ1v) is 18.2. The Labute approximate surface area is 315 Å². The predicted molar refractivity (Wildman–Crippen MR) is 184 cm³/mol. The Kier molecular flexibility index (Phi) is 10.3. The molecule has 2 aliphatic carbocycles. The zero-order valence-electron chi connectivity index (χ0n) is 30.5. The van der Waals surface area contributed by atoms with Crippen molar-refractivity contribution >= 4 is 29.9 Å². The SMILES string of the molecule is CC(C)(C)OC(=O)CC[C@@H](CO)NC(=O)[C@@]12C[C@H]3OC(=O)[C@@H]1N(Cc1ccc(C=CC(=O)OCC(F)(F)F)cc1)O[C@@H]2[C@H]1OC2(Cc4ccccc4C2)O[C@H]13. The van der Waals surface area contributed by atoms with Gasteiger partial charge < -0.3 is 34.1 Å². The summed E-state index contributed by atoms with van der Waals surface area (Å²) in [5.41, 5.74) is 0.994. The smallest absolute Gasteiger partial charge is 0.422 e. The Bertz CT molecular complexity index is 1820. The van der Waals surface area contributed by atoms with Gasteiger partial charge in [-0.25, -0.2) is 4.79 Å². The van der Waals surface area contributed by atoms with E-state index in [-0.39, 0.29) is 25.8 Å². The minimum absolute atomic E-state index is 0.00445. The van der Waals surface area contributed by atoms with Crippen molar-refractivity contribution in [2.45, 2.75) is 113 Å². The van der Waals surface area contributed by atoms with E-state index < -0.39 is 96.5 Å². The van der Waals surface area contributed by atoms with Crippen molar-refractivity contribution < 1.29 is 66.0 Å². The van der Waals surface area contributed by atoms with Crippen LogP contribution in [0.5, 0.6) is 0 Å². The van der Waals surface area contributed by atoms with Gasteiger partial charge in [-0.05, 0) is 55.5 Å². The number of benzene rings is 2. The number of aliphatic hydroxyl groups is 1. The molecule has 55 heavy (non-hydrogen) atoms. The summed E-state index contributed by atoms with van der Waals surface area (Å²) in [6.07, 6.45) is -4.91. The number of aliphatic hydroxyl groups excluding tert-OH is 1.